The molecule has 3 rings (SSSR count). The Labute approximate surface area is 167 Å². The molecule has 1 saturated carbocycles. The Bertz CT molecular complexity index is 933. The topological polar surface area (TPSA) is 57.8 Å². The summed E-state index contributed by atoms with van der Waals surface area (Å²) in [6.07, 6.45) is 7.26. The molecule has 0 bridgehead atoms. The number of hydrogen-bond acceptors (Lipinski definition) is 2. The average molecular weight is 376 g/mol. The van der Waals surface area contributed by atoms with Crippen LogP contribution in [-0.4, -0.2) is 16.5 Å². The highest BCUT2D eigenvalue weighted by atomic mass is 16.1. The predicted molar refractivity (Wildman–Crippen MR) is 113 cm³/mol. The van der Waals surface area contributed by atoms with E-state index in [1.807, 2.05) is 13.0 Å². The van der Waals surface area contributed by atoms with Crippen LogP contribution in [0, 0.1) is 39.0 Å². The summed E-state index contributed by atoms with van der Waals surface area (Å²) in [4.78, 5) is 12.6. The number of benzene rings is 1. The summed E-state index contributed by atoms with van der Waals surface area (Å²) in [7, 11) is 0. The minimum absolute atomic E-state index is 0.172. The molecule has 1 heterocycles. The fourth-order valence-electron chi connectivity index (χ4n) is 4.22. The summed E-state index contributed by atoms with van der Waals surface area (Å²) in [5.41, 5.74) is 6.73. The SMILES string of the molecule is Cc1cc(C)cc(-n2c(C)cc(/C=C(/C#N)C(=O)NC3CCCCC3)c2C)c1. The van der Waals surface area contributed by atoms with E-state index < -0.39 is 0 Å². The molecule has 0 radical (unpaired) electrons. The van der Waals surface area contributed by atoms with Crippen molar-refractivity contribution in [2.45, 2.75) is 65.8 Å². The van der Waals surface area contributed by atoms with Gasteiger partial charge in [-0.2, -0.15) is 5.26 Å². The van der Waals surface area contributed by atoms with Crippen LogP contribution in [0.25, 0.3) is 11.8 Å². The van der Waals surface area contributed by atoms with Crippen molar-refractivity contribution in [1.82, 2.24) is 9.88 Å². The first-order valence-corrected chi connectivity index (χ1v) is 10.1. The van der Waals surface area contributed by atoms with E-state index in [0.717, 1.165) is 48.3 Å². The molecule has 0 aliphatic heterocycles. The summed E-state index contributed by atoms with van der Waals surface area (Å²) in [6, 6.07) is 10.8. The number of carbonyl (C=O) groups is 1. The van der Waals surface area contributed by atoms with E-state index in [1.165, 1.54) is 17.5 Å². The van der Waals surface area contributed by atoms with Gasteiger partial charge in [-0.1, -0.05) is 25.3 Å². The van der Waals surface area contributed by atoms with Crippen LogP contribution in [0.5, 0.6) is 0 Å². The molecule has 1 aliphatic carbocycles. The maximum absolute atomic E-state index is 12.6. The molecule has 0 spiro atoms. The normalized spacial score (nSPS) is 15.3. The van der Waals surface area contributed by atoms with Gasteiger partial charge in [-0.05, 0) is 81.5 Å². The molecule has 2 aromatic rings. The van der Waals surface area contributed by atoms with Crippen LogP contribution in [0.4, 0.5) is 0 Å². The van der Waals surface area contributed by atoms with Gasteiger partial charge in [0, 0.05) is 23.1 Å². The van der Waals surface area contributed by atoms with Crippen molar-refractivity contribution in [2.24, 2.45) is 0 Å². The van der Waals surface area contributed by atoms with E-state index in [0.29, 0.717) is 0 Å². The molecule has 0 saturated heterocycles. The first-order valence-electron chi connectivity index (χ1n) is 10.1. The van der Waals surface area contributed by atoms with Gasteiger partial charge >= 0.3 is 0 Å². The van der Waals surface area contributed by atoms with Crippen molar-refractivity contribution >= 4 is 12.0 Å². The van der Waals surface area contributed by atoms with Gasteiger partial charge in [0.1, 0.15) is 11.6 Å². The molecule has 0 atom stereocenters. The zero-order valence-corrected chi connectivity index (χ0v) is 17.3. The maximum Gasteiger partial charge on any atom is 0.262 e. The second kappa shape index (κ2) is 8.48. The Morgan fingerprint density at radius 2 is 1.71 bits per heavy atom. The first kappa shape index (κ1) is 19.9. The molecule has 1 aromatic carbocycles. The lowest BCUT2D eigenvalue weighted by molar-refractivity contribution is -0.117. The number of hydrogen-bond donors (Lipinski definition) is 1. The lowest BCUT2D eigenvalue weighted by Crippen LogP contribution is -2.36. The second-order valence-electron chi connectivity index (χ2n) is 7.99. The predicted octanol–water partition coefficient (Wildman–Crippen LogP) is 5.07. The van der Waals surface area contributed by atoms with Gasteiger partial charge in [0.25, 0.3) is 5.91 Å². The highest BCUT2D eigenvalue weighted by Gasteiger charge is 2.19. The first-order chi connectivity index (χ1) is 13.4. The number of carbonyl (C=O) groups excluding carboxylic acids is 1. The molecule has 146 valence electrons. The van der Waals surface area contributed by atoms with Gasteiger partial charge in [0.2, 0.25) is 0 Å². The van der Waals surface area contributed by atoms with Crippen molar-refractivity contribution in [1.29, 1.82) is 5.26 Å². The lowest BCUT2D eigenvalue weighted by Gasteiger charge is -2.22. The van der Waals surface area contributed by atoms with Gasteiger partial charge in [0.05, 0.1) is 0 Å². The van der Waals surface area contributed by atoms with Crippen molar-refractivity contribution < 1.29 is 4.79 Å². The molecule has 4 heteroatoms. The third-order valence-electron chi connectivity index (χ3n) is 5.54. The minimum atomic E-state index is -0.259. The molecule has 4 nitrogen and oxygen atoms in total. The quantitative estimate of drug-likeness (QED) is 0.599. The van der Waals surface area contributed by atoms with Crippen molar-refractivity contribution in [3.8, 4) is 11.8 Å². The molecule has 1 amide bonds. The van der Waals surface area contributed by atoms with Gasteiger partial charge in [-0.25, -0.2) is 0 Å². The highest BCUT2D eigenvalue weighted by Crippen LogP contribution is 2.25. The molecule has 1 aromatic heterocycles. The second-order valence-corrected chi connectivity index (χ2v) is 7.99. The highest BCUT2D eigenvalue weighted by molar-refractivity contribution is 6.02. The Morgan fingerprint density at radius 3 is 2.32 bits per heavy atom. The maximum atomic E-state index is 12.6. The van der Waals surface area contributed by atoms with Crippen LogP contribution < -0.4 is 5.32 Å². The summed E-state index contributed by atoms with van der Waals surface area (Å²) < 4.78 is 2.18. The van der Waals surface area contributed by atoms with E-state index in [2.05, 4.69) is 54.9 Å². The van der Waals surface area contributed by atoms with Gasteiger partial charge in [0.15, 0.2) is 0 Å². The average Bonchev–Trinajstić information content (AvgIpc) is 2.92. The van der Waals surface area contributed by atoms with E-state index >= 15 is 0 Å². The third-order valence-corrected chi connectivity index (χ3v) is 5.54. The van der Waals surface area contributed by atoms with E-state index in [-0.39, 0.29) is 17.5 Å². The fourth-order valence-corrected chi connectivity index (χ4v) is 4.22. The largest absolute Gasteiger partial charge is 0.349 e. The number of rotatable bonds is 4. The van der Waals surface area contributed by atoms with Crippen molar-refractivity contribution in [3.63, 3.8) is 0 Å². The fraction of sp³-hybridized carbons (Fsp3) is 0.417. The number of aromatic nitrogens is 1. The molecule has 1 fully saturated rings. The summed E-state index contributed by atoms with van der Waals surface area (Å²) in [5.74, 6) is -0.259. The van der Waals surface area contributed by atoms with Gasteiger partial charge in [-0.15, -0.1) is 0 Å². The number of nitrogens with zero attached hydrogens (tertiary/aromatic N) is 2. The number of amides is 1. The number of nitriles is 1. The van der Waals surface area contributed by atoms with Gasteiger partial charge < -0.3 is 9.88 Å². The Balaban J connectivity index is 1.90. The summed E-state index contributed by atoms with van der Waals surface area (Å²) in [5, 5.41) is 12.6. The number of nitrogens with one attached hydrogen (secondary N) is 1. The minimum Gasteiger partial charge on any atom is -0.349 e. The molecular weight excluding hydrogens is 346 g/mol. The van der Waals surface area contributed by atoms with Crippen LogP contribution >= 0.6 is 0 Å². The van der Waals surface area contributed by atoms with Crippen molar-refractivity contribution in [3.05, 3.63) is 57.9 Å². The molecule has 1 N–H and O–H groups in total. The van der Waals surface area contributed by atoms with Crippen LogP contribution in [0.2, 0.25) is 0 Å². The third kappa shape index (κ3) is 4.36. The van der Waals surface area contributed by atoms with Crippen LogP contribution in [-0.2, 0) is 4.79 Å². The lowest BCUT2D eigenvalue weighted by atomic mass is 9.95. The van der Waals surface area contributed by atoms with E-state index in [4.69, 9.17) is 0 Å². The van der Waals surface area contributed by atoms with E-state index in [9.17, 15) is 10.1 Å². The Morgan fingerprint density at radius 1 is 1.07 bits per heavy atom. The van der Waals surface area contributed by atoms with E-state index in [1.54, 1.807) is 6.08 Å². The van der Waals surface area contributed by atoms with Crippen molar-refractivity contribution in [2.75, 3.05) is 0 Å². The van der Waals surface area contributed by atoms with Crippen LogP contribution in [0.3, 0.4) is 0 Å². The Hall–Kier alpha value is -2.80. The summed E-state index contributed by atoms with van der Waals surface area (Å²) >= 11 is 0. The monoisotopic (exact) mass is 375 g/mol. The molecular formula is C24H29N3O. The number of aryl methyl sites for hydroxylation is 3. The zero-order chi connectivity index (χ0) is 20.3. The summed E-state index contributed by atoms with van der Waals surface area (Å²) in [6.45, 7) is 8.27. The van der Waals surface area contributed by atoms with Crippen LogP contribution in [0.1, 0.15) is 60.2 Å². The molecule has 0 unspecified atom stereocenters. The zero-order valence-electron chi connectivity index (χ0n) is 17.3. The Kier molecular flexibility index (Phi) is 6.04. The molecule has 28 heavy (non-hydrogen) atoms. The smallest absolute Gasteiger partial charge is 0.262 e. The van der Waals surface area contributed by atoms with Crippen LogP contribution in [0.15, 0.2) is 29.8 Å². The van der Waals surface area contributed by atoms with Gasteiger partial charge in [-0.3, -0.25) is 4.79 Å². The molecule has 1 aliphatic rings. The standard InChI is InChI=1S/C24H29N3O/c1-16-10-17(2)12-23(11-16)27-18(3)13-20(19(27)4)14-21(15-25)24(28)26-22-8-6-5-7-9-22/h10-14,22H,5-9H2,1-4H3,(H,26,28)/b21-14-.